The van der Waals surface area contributed by atoms with Gasteiger partial charge in [-0.15, -0.1) is 5.10 Å². The van der Waals surface area contributed by atoms with E-state index in [1.807, 2.05) is 29.9 Å². The summed E-state index contributed by atoms with van der Waals surface area (Å²) < 4.78 is 8.91. The predicted molar refractivity (Wildman–Crippen MR) is 85.1 cm³/mol. The van der Waals surface area contributed by atoms with E-state index in [1.165, 1.54) is 0 Å². The number of nitrogens with one attached hydrogen (secondary N) is 1. The molecule has 0 saturated heterocycles. The normalized spacial score (nSPS) is 12.9. The van der Waals surface area contributed by atoms with Crippen LogP contribution >= 0.6 is 15.9 Å². The third-order valence-corrected chi connectivity index (χ3v) is 4.09. The van der Waals surface area contributed by atoms with Crippen molar-refractivity contribution >= 4 is 26.9 Å². The second-order valence-electron chi connectivity index (χ2n) is 4.91. The molecule has 0 radical (unpaired) electrons. The van der Waals surface area contributed by atoms with Gasteiger partial charge in [0, 0.05) is 11.9 Å². The Hall–Kier alpha value is -1.66. The van der Waals surface area contributed by atoms with Crippen molar-refractivity contribution < 1.29 is 4.42 Å². The van der Waals surface area contributed by atoms with Crippen LogP contribution in [0.25, 0.3) is 11.0 Å². The Morgan fingerprint density at radius 2 is 2.29 bits per heavy atom. The smallest absolute Gasteiger partial charge is 0.148 e. The molecule has 0 fully saturated rings. The van der Waals surface area contributed by atoms with Gasteiger partial charge in [-0.05, 0) is 41.5 Å². The highest BCUT2D eigenvalue weighted by molar-refractivity contribution is 9.10. The molecule has 3 aromatic rings. The molecule has 0 bridgehead atoms. The van der Waals surface area contributed by atoms with Gasteiger partial charge in [0.2, 0.25) is 0 Å². The SMILES string of the molecule is CCCn1nncc1C(NC)c1cc2cccc(Br)c2o1. The van der Waals surface area contributed by atoms with Crippen molar-refractivity contribution in [3.05, 3.63) is 46.4 Å². The average molecular weight is 349 g/mol. The van der Waals surface area contributed by atoms with Crippen molar-refractivity contribution in [2.75, 3.05) is 7.05 Å². The summed E-state index contributed by atoms with van der Waals surface area (Å²) in [4.78, 5) is 0. The molecular formula is C15H17BrN4O. The molecule has 3 rings (SSSR count). The van der Waals surface area contributed by atoms with Gasteiger partial charge in [0.25, 0.3) is 0 Å². The van der Waals surface area contributed by atoms with Crippen molar-refractivity contribution in [3.63, 3.8) is 0 Å². The summed E-state index contributed by atoms with van der Waals surface area (Å²) in [6, 6.07) is 8.02. The molecule has 0 aliphatic carbocycles. The number of hydrogen-bond donors (Lipinski definition) is 1. The topological polar surface area (TPSA) is 55.9 Å². The first kappa shape index (κ1) is 14.3. The molecule has 0 saturated carbocycles. The Balaban J connectivity index is 2.05. The number of rotatable bonds is 5. The highest BCUT2D eigenvalue weighted by Gasteiger charge is 2.21. The second-order valence-corrected chi connectivity index (χ2v) is 5.77. The maximum atomic E-state index is 6.03. The molecule has 21 heavy (non-hydrogen) atoms. The fraction of sp³-hybridized carbons (Fsp3) is 0.333. The summed E-state index contributed by atoms with van der Waals surface area (Å²) in [7, 11) is 1.91. The van der Waals surface area contributed by atoms with E-state index in [-0.39, 0.29) is 6.04 Å². The Labute approximate surface area is 131 Å². The van der Waals surface area contributed by atoms with E-state index in [9.17, 15) is 0 Å². The summed E-state index contributed by atoms with van der Waals surface area (Å²) in [5.41, 5.74) is 1.87. The van der Waals surface area contributed by atoms with Gasteiger partial charge in [-0.2, -0.15) is 0 Å². The highest BCUT2D eigenvalue weighted by atomic mass is 79.9. The molecule has 1 unspecified atom stereocenters. The van der Waals surface area contributed by atoms with Crippen LogP contribution in [0.15, 0.2) is 39.4 Å². The number of aromatic nitrogens is 3. The molecule has 1 aromatic carbocycles. The zero-order valence-corrected chi connectivity index (χ0v) is 13.6. The standard InChI is InChI=1S/C15H17BrN4O/c1-3-7-20-12(9-18-19-20)14(17-2)13-8-10-5-4-6-11(16)15(10)21-13/h4-6,8-9,14,17H,3,7H2,1-2H3. The van der Waals surface area contributed by atoms with Crippen LogP contribution in [0.1, 0.15) is 30.8 Å². The summed E-state index contributed by atoms with van der Waals surface area (Å²) in [5.74, 6) is 0.860. The lowest BCUT2D eigenvalue weighted by Crippen LogP contribution is -2.21. The van der Waals surface area contributed by atoms with E-state index < -0.39 is 0 Å². The second kappa shape index (κ2) is 5.99. The molecule has 0 aliphatic heterocycles. The third kappa shape index (κ3) is 2.61. The Kier molecular flexibility index (Phi) is 4.07. The maximum Gasteiger partial charge on any atom is 0.148 e. The minimum atomic E-state index is -0.0640. The Morgan fingerprint density at radius 3 is 3.00 bits per heavy atom. The molecule has 5 nitrogen and oxygen atoms in total. The monoisotopic (exact) mass is 348 g/mol. The zero-order chi connectivity index (χ0) is 14.8. The summed E-state index contributed by atoms with van der Waals surface area (Å²) in [6.45, 7) is 2.97. The van der Waals surface area contributed by atoms with Crippen LogP contribution in [0, 0.1) is 0 Å². The van der Waals surface area contributed by atoms with Crippen LogP contribution in [0.5, 0.6) is 0 Å². The van der Waals surface area contributed by atoms with Crippen molar-refractivity contribution in [1.82, 2.24) is 20.3 Å². The summed E-state index contributed by atoms with van der Waals surface area (Å²) in [5, 5.41) is 12.5. The molecule has 1 N–H and O–H groups in total. The van der Waals surface area contributed by atoms with E-state index in [4.69, 9.17) is 4.42 Å². The first-order chi connectivity index (χ1) is 10.2. The third-order valence-electron chi connectivity index (χ3n) is 3.47. The number of nitrogens with zero attached hydrogens (tertiary/aromatic N) is 3. The number of furan rings is 1. The van der Waals surface area contributed by atoms with Crippen molar-refractivity contribution in [2.24, 2.45) is 0 Å². The lowest BCUT2D eigenvalue weighted by Gasteiger charge is -2.14. The average Bonchev–Trinajstić information content (AvgIpc) is 3.09. The summed E-state index contributed by atoms with van der Waals surface area (Å²) in [6.07, 6.45) is 2.80. The van der Waals surface area contributed by atoms with Gasteiger partial charge in [-0.3, -0.25) is 0 Å². The van der Waals surface area contributed by atoms with E-state index in [1.54, 1.807) is 6.20 Å². The van der Waals surface area contributed by atoms with Crippen LogP contribution < -0.4 is 5.32 Å². The van der Waals surface area contributed by atoms with Crippen LogP contribution in [-0.4, -0.2) is 22.0 Å². The molecule has 1 atom stereocenters. The highest BCUT2D eigenvalue weighted by Crippen LogP contribution is 2.31. The van der Waals surface area contributed by atoms with E-state index >= 15 is 0 Å². The number of aryl methyl sites for hydroxylation is 1. The molecule has 0 aliphatic rings. The Bertz CT molecular complexity index is 749. The number of benzene rings is 1. The van der Waals surface area contributed by atoms with Gasteiger partial charge in [0.1, 0.15) is 17.4 Å². The lowest BCUT2D eigenvalue weighted by atomic mass is 10.1. The minimum Gasteiger partial charge on any atom is -0.458 e. The first-order valence-electron chi connectivity index (χ1n) is 6.98. The van der Waals surface area contributed by atoms with Gasteiger partial charge in [-0.1, -0.05) is 24.3 Å². The molecule has 2 heterocycles. The molecule has 110 valence electrons. The quantitative estimate of drug-likeness (QED) is 0.766. The van der Waals surface area contributed by atoms with Crippen molar-refractivity contribution in [2.45, 2.75) is 25.9 Å². The largest absolute Gasteiger partial charge is 0.458 e. The van der Waals surface area contributed by atoms with Crippen LogP contribution in [0.2, 0.25) is 0 Å². The predicted octanol–water partition coefficient (Wildman–Crippen LogP) is 3.51. The van der Waals surface area contributed by atoms with Crippen molar-refractivity contribution in [1.29, 1.82) is 0 Å². The van der Waals surface area contributed by atoms with Gasteiger partial charge in [-0.25, -0.2) is 4.68 Å². The number of halogens is 1. The van der Waals surface area contributed by atoms with Gasteiger partial charge in [0.15, 0.2) is 0 Å². The van der Waals surface area contributed by atoms with Gasteiger partial charge >= 0.3 is 0 Å². The number of hydrogen-bond acceptors (Lipinski definition) is 4. The van der Waals surface area contributed by atoms with Gasteiger partial charge in [0.05, 0.1) is 16.4 Å². The Morgan fingerprint density at radius 1 is 1.43 bits per heavy atom. The zero-order valence-electron chi connectivity index (χ0n) is 12.0. The lowest BCUT2D eigenvalue weighted by molar-refractivity contribution is 0.456. The molecule has 2 aromatic heterocycles. The number of fused-ring (bicyclic) bond motifs is 1. The van der Waals surface area contributed by atoms with Crippen LogP contribution in [0.4, 0.5) is 0 Å². The molecule has 6 heteroatoms. The van der Waals surface area contributed by atoms with Crippen LogP contribution in [0.3, 0.4) is 0 Å². The first-order valence-corrected chi connectivity index (χ1v) is 7.77. The van der Waals surface area contributed by atoms with Crippen LogP contribution in [-0.2, 0) is 6.54 Å². The molecule has 0 spiro atoms. The fourth-order valence-electron chi connectivity index (χ4n) is 2.50. The summed E-state index contributed by atoms with van der Waals surface area (Å²) >= 11 is 3.53. The molecular weight excluding hydrogens is 332 g/mol. The van der Waals surface area contributed by atoms with Gasteiger partial charge < -0.3 is 9.73 Å². The van der Waals surface area contributed by atoms with E-state index in [0.717, 1.165) is 39.9 Å². The van der Waals surface area contributed by atoms with E-state index in [0.29, 0.717) is 0 Å². The fourth-order valence-corrected chi connectivity index (χ4v) is 2.96. The molecule has 0 amide bonds. The van der Waals surface area contributed by atoms with E-state index in [2.05, 4.69) is 44.5 Å². The maximum absolute atomic E-state index is 6.03. The number of para-hydroxylation sites is 1. The van der Waals surface area contributed by atoms with Crippen molar-refractivity contribution in [3.8, 4) is 0 Å². The minimum absolute atomic E-state index is 0.0640.